The van der Waals surface area contributed by atoms with E-state index in [0.717, 1.165) is 6.54 Å². The lowest BCUT2D eigenvalue weighted by Crippen LogP contribution is -2.25. The average molecular weight is 259 g/mol. The summed E-state index contributed by atoms with van der Waals surface area (Å²) in [4.78, 5) is 5.57. The molecular weight excluding hydrogens is 242 g/mol. The first-order chi connectivity index (χ1) is 8.84. The van der Waals surface area contributed by atoms with Gasteiger partial charge in [-0.3, -0.25) is 0 Å². The minimum absolute atomic E-state index is 0.470. The molecule has 0 saturated heterocycles. The Balaban J connectivity index is 1.73. The van der Waals surface area contributed by atoms with Gasteiger partial charge in [0.05, 0.1) is 12.0 Å². The molecule has 1 aromatic carbocycles. The Bertz CT molecular complexity index is 535. The van der Waals surface area contributed by atoms with E-state index >= 15 is 0 Å². The Labute approximate surface area is 112 Å². The summed E-state index contributed by atoms with van der Waals surface area (Å²) in [6.07, 6.45) is 4.97. The molecule has 1 N–H and O–H groups in total. The van der Waals surface area contributed by atoms with Crippen LogP contribution in [0.3, 0.4) is 0 Å². The van der Waals surface area contributed by atoms with Crippen LogP contribution in [0.2, 0.25) is 0 Å². The van der Waals surface area contributed by atoms with E-state index in [9.17, 15) is 0 Å². The van der Waals surface area contributed by atoms with Crippen molar-refractivity contribution in [3.8, 4) is 0 Å². The number of hydrogen-bond donors (Lipinski definition) is 1. The second-order valence-corrected chi connectivity index (χ2v) is 5.74. The van der Waals surface area contributed by atoms with Crippen LogP contribution in [-0.2, 0) is 13.6 Å². The van der Waals surface area contributed by atoms with E-state index in [1.165, 1.54) is 28.3 Å². The van der Waals surface area contributed by atoms with Gasteiger partial charge in [0.1, 0.15) is 0 Å². The van der Waals surface area contributed by atoms with Crippen LogP contribution in [0.4, 0.5) is 0 Å². The fourth-order valence-electron chi connectivity index (χ4n) is 2.34. The molecule has 2 aromatic rings. The number of hydrogen-bond acceptors (Lipinski definition) is 3. The average Bonchev–Trinajstić information content (AvgIpc) is 2.82. The maximum Gasteiger partial charge on any atom is 0.0945 e. The molecule has 0 saturated carbocycles. The van der Waals surface area contributed by atoms with Crippen LogP contribution in [0.15, 0.2) is 41.7 Å². The predicted molar refractivity (Wildman–Crippen MR) is 74.6 cm³/mol. The van der Waals surface area contributed by atoms with Crippen molar-refractivity contribution in [1.29, 1.82) is 0 Å². The lowest BCUT2D eigenvalue weighted by molar-refractivity contribution is 0.500. The number of nitrogens with one attached hydrogen (secondary N) is 1. The first-order valence-electron chi connectivity index (χ1n) is 6.25. The molecule has 1 aromatic heterocycles. The number of rotatable bonds is 3. The number of nitrogens with zero attached hydrogens (tertiary/aromatic N) is 2. The van der Waals surface area contributed by atoms with Crippen LogP contribution in [0.5, 0.6) is 0 Å². The molecule has 1 atom stereocenters. The van der Waals surface area contributed by atoms with Crippen LogP contribution in [0.25, 0.3) is 0 Å². The summed E-state index contributed by atoms with van der Waals surface area (Å²) in [5.41, 5.74) is 2.67. The van der Waals surface area contributed by atoms with Crippen LogP contribution >= 0.6 is 11.8 Å². The molecule has 18 heavy (non-hydrogen) atoms. The Morgan fingerprint density at radius 1 is 1.44 bits per heavy atom. The lowest BCUT2D eigenvalue weighted by Gasteiger charge is -2.26. The zero-order valence-corrected chi connectivity index (χ0v) is 11.3. The summed E-state index contributed by atoms with van der Waals surface area (Å²) in [6.45, 7) is 0.875. The molecule has 4 heteroatoms. The predicted octanol–water partition coefficient (Wildman–Crippen LogP) is 2.75. The molecule has 0 radical (unpaired) electrons. The number of thioether (sulfide) groups is 1. The Kier molecular flexibility index (Phi) is 3.39. The molecule has 0 bridgehead atoms. The molecule has 0 aliphatic carbocycles. The minimum Gasteiger partial charge on any atom is -0.337 e. The molecule has 0 amide bonds. The van der Waals surface area contributed by atoms with Crippen molar-refractivity contribution in [2.75, 3.05) is 5.75 Å². The molecule has 94 valence electrons. The molecule has 1 unspecified atom stereocenters. The zero-order valence-electron chi connectivity index (χ0n) is 10.5. The van der Waals surface area contributed by atoms with Crippen LogP contribution in [0.1, 0.15) is 23.7 Å². The highest BCUT2D eigenvalue weighted by Gasteiger charge is 2.19. The van der Waals surface area contributed by atoms with Gasteiger partial charge in [-0.2, -0.15) is 0 Å². The van der Waals surface area contributed by atoms with Crippen molar-refractivity contribution >= 4 is 11.8 Å². The van der Waals surface area contributed by atoms with Gasteiger partial charge in [0.15, 0.2) is 0 Å². The highest BCUT2D eigenvalue weighted by Crippen LogP contribution is 2.35. The number of aromatic nitrogens is 2. The standard InChI is InChI=1S/C14H17N3S/c1-17-10-15-8-11(17)9-16-13-6-7-18-14-5-3-2-4-12(13)14/h2-5,8,10,13,16H,6-7,9H2,1H3. The summed E-state index contributed by atoms with van der Waals surface area (Å²) < 4.78 is 2.07. The van der Waals surface area contributed by atoms with Crippen molar-refractivity contribution in [3.05, 3.63) is 48.0 Å². The third-order valence-corrected chi connectivity index (χ3v) is 4.53. The number of fused-ring (bicyclic) bond motifs is 1. The fourth-order valence-corrected chi connectivity index (χ4v) is 3.46. The van der Waals surface area contributed by atoms with E-state index in [1.807, 2.05) is 31.3 Å². The molecule has 3 nitrogen and oxygen atoms in total. The van der Waals surface area contributed by atoms with E-state index in [2.05, 4.69) is 39.1 Å². The normalized spacial score (nSPS) is 18.6. The minimum atomic E-state index is 0.470. The van der Waals surface area contributed by atoms with E-state index in [-0.39, 0.29) is 0 Å². The van der Waals surface area contributed by atoms with Gasteiger partial charge in [-0.1, -0.05) is 18.2 Å². The van der Waals surface area contributed by atoms with E-state index in [1.54, 1.807) is 0 Å². The van der Waals surface area contributed by atoms with Gasteiger partial charge >= 0.3 is 0 Å². The second-order valence-electron chi connectivity index (χ2n) is 4.60. The van der Waals surface area contributed by atoms with Crippen molar-refractivity contribution in [2.24, 2.45) is 7.05 Å². The van der Waals surface area contributed by atoms with Gasteiger partial charge in [0, 0.05) is 30.7 Å². The monoisotopic (exact) mass is 259 g/mol. The second kappa shape index (κ2) is 5.16. The third-order valence-electron chi connectivity index (χ3n) is 3.40. The smallest absolute Gasteiger partial charge is 0.0945 e. The van der Waals surface area contributed by atoms with E-state index in [4.69, 9.17) is 0 Å². The summed E-state index contributed by atoms with van der Waals surface area (Å²) in [5.74, 6) is 1.19. The van der Waals surface area contributed by atoms with E-state index in [0.29, 0.717) is 6.04 Å². The van der Waals surface area contributed by atoms with Crippen LogP contribution < -0.4 is 5.32 Å². The molecule has 2 heterocycles. The maximum atomic E-state index is 4.15. The molecule has 1 aliphatic rings. The van der Waals surface area contributed by atoms with Crippen molar-refractivity contribution in [1.82, 2.24) is 14.9 Å². The summed E-state index contributed by atoms with van der Waals surface area (Å²) in [5, 5.41) is 3.65. The highest BCUT2D eigenvalue weighted by molar-refractivity contribution is 7.99. The quantitative estimate of drug-likeness (QED) is 0.919. The number of aryl methyl sites for hydroxylation is 1. The number of benzene rings is 1. The molecule has 3 rings (SSSR count). The fraction of sp³-hybridized carbons (Fsp3) is 0.357. The molecule has 0 fully saturated rings. The highest BCUT2D eigenvalue weighted by atomic mass is 32.2. The summed E-state index contributed by atoms with van der Waals surface area (Å²) >= 11 is 1.96. The van der Waals surface area contributed by atoms with Crippen LogP contribution in [0, 0.1) is 0 Å². The molecule has 0 spiro atoms. The lowest BCUT2D eigenvalue weighted by atomic mass is 10.0. The maximum absolute atomic E-state index is 4.15. The Morgan fingerprint density at radius 3 is 3.17 bits per heavy atom. The van der Waals surface area contributed by atoms with Gasteiger partial charge in [-0.15, -0.1) is 11.8 Å². The van der Waals surface area contributed by atoms with Gasteiger partial charge in [-0.25, -0.2) is 4.98 Å². The van der Waals surface area contributed by atoms with Gasteiger partial charge < -0.3 is 9.88 Å². The zero-order chi connectivity index (χ0) is 12.4. The first kappa shape index (κ1) is 11.8. The van der Waals surface area contributed by atoms with Crippen LogP contribution in [-0.4, -0.2) is 15.3 Å². The van der Waals surface area contributed by atoms with Gasteiger partial charge in [-0.05, 0) is 23.8 Å². The Morgan fingerprint density at radius 2 is 2.33 bits per heavy atom. The molecular formula is C14H17N3S. The summed E-state index contributed by atoms with van der Waals surface area (Å²) in [7, 11) is 2.04. The van der Waals surface area contributed by atoms with Gasteiger partial charge in [0.2, 0.25) is 0 Å². The number of imidazole rings is 1. The summed E-state index contributed by atoms with van der Waals surface area (Å²) in [6, 6.07) is 9.18. The molecule has 1 aliphatic heterocycles. The first-order valence-corrected chi connectivity index (χ1v) is 7.23. The van der Waals surface area contributed by atoms with Gasteiger partial charge in [0.25, 0.3) is 0 Å². The third kappa shape index (κ3) is 2.31. The largest absolute Gasteiger partial charge is 0.337 e. The topological polar surface area (TPSA) is 29.9 Å². The van der Waals surface area contributed by atoms with Crippen molar-refractivity contribution < 1.29 is 0 Å². The Hall–Kier alpha value is -1.26. The van der Waals surface area contributed by atoms with Crippen molar-refractivity contribution in [3.63, 3.8) is 0 Å². The van der Waals surface area contributed by atoms with E-state index < -0.39 is 0 Å². The SMILES string of the molecule is Cn1cncc1CNC1CCSc2ccccc21. The van der Waals surface area contributed by atoms with Crippen molar-refractivity contribution in [2.45, 2.75) is 23.9 Å².